The molecule has 1 amide bonds. The molecule has 0 bridgehead atoms. The molecular formula is C12H9ClN2O2. The molecule has 0 fully saturated rings. The first-order valence-electron chi connectivity index (χ1n) is 4.87. The molecule has 1 heterocycles. The third kappa shape index (κ3) is 2.95. The van der Waals surface area contributed by atoms with Crippen LogP contribution < -0.4 is 5.32 Å². The van der Waals surface area contributed by atoms with E-state index in [1.165, 1.54) is 24.4 Å². The Morgan fingerprint density at radius 2 is 1.94 bits per heavy atom. The van der Waals surface area contributed by atoms with Crippen LogP contribution in [0.4, 0.5) is 5.69 Å². The fourth-order valence-corrected chi connectivity index (χ4v) is 1.43. The molecule has 0 aliphatic rings. The van der Waals surface area contributed by atoms with Crippen LogP contribution in [0, 0.1) is 0 Å². The third-order valence-corrected chi connectivity index (χ3v) is 2.31. The highest BCUT2D eigenvalue weighted by atomic mass is 35.5. The van der Waals surface area contributed by atoms with Crippen LogP contribution in [-0.4, -0.2) is 16.0 Å². The molecule has 4 nitrogen and oxygen atoms in total. The molecular weight excluding hydrogens is 240 g/mol. The largest absolute Gasteiger partial charge is 0.508 e. The molecule has 0 aliphatic heterocycles. The maximum absolute atomic E-state index is 11.8. The van der Waals surface area contributed by atoms with Crippen molar-refractivity contribution in [2.45, 2.75) is 0 Å². The first-order chi connectivity index (χ1) is 8.15. The highest BCUT2D eigenvalue weighted by Crippen LogP contribution is 2.15. The zero-order valence-electron chi connectivity index (χ0n) is 8.72. The average molecular weight is 249 g/mol. The van der Waals surface area contributed by atoms with Crippen molar-refractivity contribution in [2.75, 3.05) is 5.32 Å². The minimum atomic E-state index is -0.349. The zero-order chi connectivity index (χ0) is 12.3. The SMILES string of the molecule is O=C(Nc1ccc(O)cc1)c1cc(Cl)ccn1. The second-order valence-electron chi connectivity index (χ2n) is 3.36. The number of hydrogen-bond acceptors (Lipinski definition) is 3. The monoisotopic (exact) mass is 248 g/mol. The second kappa shape index (κ2) is 4.84. The zero-order valence-corrected chi connectivity index (χ0v) is 9.48. The number of nitrogens with zero attached hydrogens (tertiary/aromatic N) is 1. The summed E-state index contributed by atoms with van der Waals surface area (Å²) < 4.78 is 0. The number of anilines is 1. The van der Waals surface area contributed by atoms with Gasteiger partial charge in [0.05, 0.1) is 0 Å². The van der Waals surface area contributed by atoms with Gasteiger partial charge in [-0.3, -0.25) is 9.78 Å². The van der Waals surface area contributed by atoms with Gasteiger partial charge in [-0.1, -0.05) is 11.6 Å². The van der Waals surface area contributed by atoms with Crippen molar-refractivity contribution < 1.29 is 9.90 Å². The minimum Gasteiger partial charge on any atom is -0.508 e. The van der Waals surface area contributed by atoms with Crippen LogP contribution in [0.3, 0.4) is 0 Å². The van der Waals surface area contributed by atoms with Crippen molar-refractivity contribution in [3.63, 3.8) is 0 Å². The van der Waals surface area contributed by atoms with Gasteiger partial charge in [0.2, 0.25) is 0 Å². The number of carbonyl (C=O) groups is 1. The summed E-state index contributed by atoms with van der Waals surface area (Å²) in [6.07, 6.45) is 1.47. The number of benzene rings is 1. The minimum absolute atomic E-state index is 0.142. The van der Waals surface area contributed by atoms with E-state index in [4.69, 9.17) is 16.7 Å². The highest BCUT2D eigenvalue weighted by Gasteiger charge is 2.07. The number of pyridine rings is 1. The summed E-state index contributed by atoms with van der Waals surface area (Å²) in [6, 6.07) is 9.24. The molecule has 0 radical (unpaired) electrons. The number of amides is 1. The fraction of sp³-hybridized carbons (Fsp3) is 0. The van der Waals surface area contributed by atoms with Gasteiger partial charge in [-0.05, 0) is 36.4 Å². The Labute approximate surface area is 103 Å². The van der Waals surface area contributed by atoms with Gasteiger partial charge in [0.1, 0.15) is 11.4 Å². The molecule has 2 aromatic rings. The maximum atomic E-state index is 11.8. The lowest BCUT2D eigenvalue weighted by molar-refractivity contribution is 0.102. The smallest absolute Gasteiger partial charge is 0.274 e. The van der Waals surface area contributed by atoms with E-state index in [0.29, 0.717) is 10.7 Å². The Morgan fingerprint density at radius 1 is 1.24 bits per heavy atom. The average Bonchev–Trinajstić information content (AvgIpc) is 2.32. The van der Waals surface area contributed by atoms with E-state index < -0.39 is 0 Å². The highest BCUT2D eigenvalue weighted by molar-refractivity contribution is 6.30. The van der Waals surface area contributed by atoms with Crippen molar-refractivity contribution in [1.82, 2.24) is 4.98 Å². The van der Waals surface area contributed by atoms with Crippen molar-refractivity contribution >= 4 is 23.2 Å². The molecule has 5 heteroatoms. The van der Waals surface area contributed by atoms with Crippen molar-refractivity contribution in [1.29, 1.82) is 0 Å². The third-order valence-electron chi connectivity index (χ3n) is 2.08. The molecule has 0 saturated heterocycles. The normalized spacial score (nSPS) is 9.94. The number of halogens is 1. The lowest BCUT2D eigenvalue weighted by Crippen LogP contribution is -2.13. The van der Waals surface area contributed by atoms with Crippen LogP contribution in [0.25, 0.3) is 0 Å². The van der Waals surface area contributed by atoms with Gasteiger partial charge in [0.25, 0.3) is 5.91 Å². The lowest BCUT2D eigenvalue weighted by Gasteiger charge is -2.04. The summed E-state index contributed by atoms with van der Waals surface area (Å²) in [6.45, 7) is 0. The molecule has 0 atom stereocenters. The van der Waals surface area contributed by atoms with Gasteiger partial charge < -0.3 is 10.4 Å². The molecule has 0 aliphatic carbocycles. The van der Waals surface area contributed by atoms with E-state index in [2.05, 4.69) is 10.3 Å². The first-order valence-corrected chi connectivity index (χ1v) is 5.25. The van der Waals surface area contributed by atoms with Gasteiger partial charge in [-0.15, -0.1) is 0 Å². The summed E-state index contributed by atoms with van der Waals surface area (Å²) in [5.74, 6) is -0.206. The van der Waals surface area contributed by atoms with Crippen molar-refractivity contribution in [3.05, 3.63) is 53.3 Å². The Hall–Kier alpha value is -2.07. The molecule has 0 saturated carbocycles. The summed E-state index contributed by atoms with van der Waals surface area (Å²) >= 11 is 5.76. The number of hydrogen-bond donors (Lipinski definition) is 2. The molecule has 1 aromatic carbocycles. The second-order valence-corrected chi connectivity index (χ2v) is 3.80. The molecule has 0 unspecified atom stereocenters. The number of phenolic OH excluding ortho intramolecular Hbond substituents is 1. The molecule has 1 aromatic heterocycles. The Balaban J connectivity index is 2.14. The van der Waals surface area contributed by atoms with Crippen LogP contribution in [0.15, 0.2) is 42.6 Å². The van der Waals surface area contributed by atoms with E-state index in [1.54, 1.807) is 18.2 Å². The van der Waals surface area contributed by atoms with Crippen LogP contribution >= 0.6 is 11.6 Å². The van der Waals surface area contributed by atoms with Crippen LogP contribution in [-0.2, 0) is 0 Å². The standard InChI is InChI=1S/C12H9ClN2O2/c13-8-5-6-14-11(7-8)12(17)15-9-1-3-10(16)4-2-9/h1-7,16H,(H,15,17). The van der Waals surface area contributed by atoms with Crippen LogP contribution in [0.2, 0.25) is 5.02 Å². The first kappa shape index (κ1) is 11.4. The van der Waals surface area contributed by atoms with Gasteiger partial charge in [-0.2, -0.15) is 0 Å². The Kier molecular flexibility index (Phi) is 3.25. The predicted octanol–water partition coefficient (Wildman–Crippen LogP) is 2.69. The van der Waals surface area contributed by atoms with E-state index in [1.807, 2.05) is 0 Å². The van der Waals surface area contributed by atoms with Gasteiger partial charge in [0.15, 0.2) is 0 Å². The van der Waals surface area contributed by atoms with E-state index >= 15 is 0 Å². The van der Waals surface area contributed by atoms with Gasteiger partial charge in [-0.25, -0.2) is 0 Å². The number of rotatable bonds is 2. The molecule has 86 valence electrons. The van der Waals surface area contributed by atoms with Crippen LogP contribution in [0.1, 0.15) is 10.5 Å². The van der Waals surface area contributed by atoms with Gasteiger partial charge >= 0.3 is 0 Å². The lowest BCUT2D eigenvalue weighted by atomic mass is 10.3. The number of aromatic hydroxyl groups is 1. The van der Waals surface area contributed by atoms with E-state index in [-0.39, 0.29) is 17.4 Å². The number of phenols is 1. The van der Waals surface area contributed by atoms with Crippen molar-refractivity contribution in [3.8, 4) is 5.75 Å². The predicted molar refractivity (Wildman–Crippen MR) is 65.3 cm³/mol. The summed E-state index contributed by atoms with van der Waals surface area (Å²) in [4.78, 5) is 15.7. The summed E-state index contributed by atoms with van der Waals surface area (Å²) in [5.41, 5.74) is 0.820. The molecule has 17 heavy (non-hydrogen) atoms. The summed E-state index contributed by atoms with van der Waals surface area (Å²) in [7, 11) is 0. The van der Waals surface area contributed by atoms with Gasteiger partial charge in [0, 0.05) is 16.9 Å². The van der Waals surface area contributed by atoms with E-state index in [9.17, 15) is 4.79 Å². The fourth-order valence-electron chi connectivity index (χ4n) is 1.27. The molecule has 2 rings (SSSR count). The van der Waals surface area contributed by atoms with E-state index in [0.717, 1.165) is 0 Å². The van der Waals surface area contributed by atoms with Crippen molar-refractivity contribution in [2.24, 2.45) is 0 Å². The number of carbonyl (C=O) groups excluding carboxylic acids is 1. The Morgan fingerprint density at radius 3 is 2.59 bits per heavy atom. The quantitative estimate of drug-likeness (QED) is 0.804. The maximum Gasteiger partial charge on any atom is 0.274 e. The van der Waals surface area contributed by atoms with Crippen LogP contribution in [0.5, 0.6) is 5.75 Å². The molecule has 2 N–H and O–H groups in total. The summed E-state index contributed by atoms with van der Waals surface area (Å²) in [5, 5.41) is 12.2. The topological polar surface area (TPSA) is 62.2 Å². The molecule has 0 spiro atoms. The number of nitrogens with one attached hydrogen (secondary N) is 1. The Bertz CT molecular complexity index is 540. The number of aromatic nitrogens is 1.